The number of hydrogen-bond donors (Lipinski definition) is 0. The van der Waals surface area contributed by atoms with Crippen LogP contribution in [0.15, 0.2) is 32.9 Å². The molecule has 0 aliphatic carbocycles. The van der Waals surface area contributed by atoms with Crippen LogP contribution in [0.1, 0.15) is 57.8 Å². The molecule has 0 unspecified atom stereocenters. The highest BCUT2D eigenvalue weighted by atomic mass is 33.1. The molecule has 3 aliphatic heterocycles. The average molecular weight is 652 g/mol. The molecule has 0 amide bonds. The predicted octanol–water partition coefficient (Wildman–Crippen LogP) is 9.22. The maximum absolute atomic E-state index is 5.76. The molecule has 0 aromatic heterocycles. The molecule has 4 rings (SSSR count). The maximum atomic E-state index is 5.76. The normalized spacial score (nSPS) is 18.8. The summed E-state index contributed by atoms with van der Waals surface area (Å²) < 4.78 is 3.02. The lowest BCUT2D eigenvalue weighted by Gasteiger charge is -2.28. The summed E-state index contributed by atoms with van der Waals surface area (Å²) in [6.45, 7) is 6.57. The van der Waals surface area contributed by atoms with Crippen LogP contribution in [0, 0.1) is 0 Å². The van der Waals surface area contributed by atoms with Crippen molar-refractivity contribution >= 4 is 114 Å². The zero-order chi connectivity index (χ0) is 25.2. The molecule has 1 aromatic carbocycles. The molecule has 1 aromatic rings. The largest absolute Gasteiger partial charge is 0.357 e. The number of benzene rings is 1. The molecule has 0 saturated carbocycles. The van der Waals surface area contributed by atoms with Crippen LogP contribution < -0.4 is 0 Å². The van der Waals surface area contributed by atoms with Gasteiger partial charge in [0, 0.05) is 54.0 Å². The second-order valence-electron chi connectivity index (χ2n) is 9.08. The highest BCUT2D eigenvalue weighted by Crippen LogP contribution is 2.44. The molecular formula is C24H33N3S9. The van der Waals surface area contributed by atoms with Crippen molar-refractivity contribution in [3.05, 3.63) is 18.2 Å². The number of rotatable bonds is 6. The van der Waals surface area contributed by atoms with E-state index >= 15 is 0 Å². The van der Waals surface area contributed by atoms with Gasteiger partial charge in [-0.2, -0.15) is 0 Å². The van der Waals surface area contributed by atoms with Crippen LogP contribution in [-0.2, 0) is 0 Å². The first-order valence-electron chi connectivity index (χ1n) is 12.6. The van der Waals surface area contributed by atoms with Crippen LogP contribution in [0.4, 0.5) is 0 Å². The molecule has 3 saturated heterocycles. The summed E-state index contributed by atoms with van der Waals surface area (Å²) in [4.78, 5) is 10.8. The summed E-state index contributed by atoms with van der Waals surface area (Å²) in [5.74, 6) is 0. The lowest BCUT2D eigenvalue weighted by Crippen LogP contribution is -2.32. The Labute approximate surface area is 256 Å². The Kier molecular flexibility index (Phi) is 13.6. The van der Waals surface area contributed by atoms with Crippen molar-refractivity contribution in [2.45, 2.75) is 72.5 Å². The molecule has 0 radical (unpaired) electrons. The summed E-state index contributed by atoms with van der Waals surface area (Å²) in [6.07, 6.45) is 11.5. The molecule has 3 heterocycles. The van der Waals surface area contributed by atoms with E-state index in [1.54, 1.807) is 64.8 Å². The fourth-order valence-corrected chi connectivity index (χ4v) is 11.8. The first-order chi connectivity index (χ1) is 17.6. The average Bonchev–Trinajstić information content (AvgIpc) is 2.94. The zero-order valence-corrected chi connectivity index (χ0v) is 27.7. The Morgan fingerprint density at radius 2 is 0.694 bits per heavy atom. The van der Waals surface area contributed by atoms with Gasteiger partial charge in [0.1, 0.15) is 13.0 Å². The van der Waals surface area contributed by atoms with E-state index in [1.807, 2.05) is 0 Å². The molecule has 3 fully saturated rings. The van der Waals surface area contributed by atoms with E-state index in [1.165, 1.54) is 72.5 Å². The first-order valence-corrected chi connectivity index (χ1v) is 20.3. The van der Waals surface area contributed by atoms with Gasteiger partial charge in [0.05, 0.1) is 0 Å². The topological polar surface area (TPSA) is 9.72 Å². The van der Waals surface area contributed by atoms with Gasteiger partial charge in [0.15, 0.2) is 0 Å². The summed E-state index contributed by atoms with van der Waals surface area (Å²) in [5, 5.41) is 0. The van der Waals surface area contributed by atoms with Crippen LogP contribution >= 0.6 is 101 Å². The van der Waals surface area contributed by atoms with E-state index in [9.17, 15) is 0 Å². The van der Waals surface area contributed by atoms with Gasteiger partial charge in [0.25, 0.3) is 0 Å². The maximum Gasteiger partial charge on any atom is 0.147 e. The Balaban J connectivity index is 1.38. The van der Waals surface area contributed by atoms with E-state index < -0.39 is 0 Å². The predicted molar refractivity (Wildman–Crippen MR) is 181 cm³/mol. The quantitative estimate of drug-likeness (QED) is 0.214. The van der Waals surface area contributed by atoms with E-state index in [4.69, 9.17) is 36.7 Å². The summed E-state index contributed by atoms with van der Waals surface area (Å²) in [7, 11) is 10.5. The Morgan fingerprint density at radius 3 is 0.944 bits per heavy atom. The van der Waals surface area contributed by atoms with Gasteiger partial charge in [-0.1, -0.05) is 69.0 Å². The zero-order valence-electron chi connectivity index (χ0n) is 20.4. The van der Waals surface area contributed by atoms with Gasteiger partial charge in [0.2, 0.25) is 0 Å². The lowest BCUT2D eigenvalue weighted by molar-refractivity contribution is 0.352. The van der Waals surface area contributed by atoms with E-state index in [0.29, 0.717) is 0 Å². The lowest BCUT2D eigenvalue weighted by atomic mass is 10.1. The van der Waals surface area contributed by atoms with Crippen molar-refractivity contribution in [2.75, 3.05) is 39.3 Å². The van der Waals surface area contributed by atoms with Gasteiger partial charge in [-0.15, -0.1) is 0 Å². The number of nitrogens with zero attached hydrogens (tertiary/aromatic N) is 3. The monoisotopic (exact) mass is 651 g/mol. The third-order valence-corrected chi connectivity index (χ3v) is 15.4. The molecule has 198 valence electrons. The molecule has 0 N–H and O–H groups in total. The summed E-state index contributed by atoms with van der Waals surface area (Å²) in [5.41, 5.74) is 0. The number of thiocarbonyl (C=S) groups is 3. The Hall–Kier alpha value is 0.990. The second kappa shape index (κ2) is 16.3. The van der Waals surface area contributed by atoms with Crippen LogP contribution in [0.25, 0.3) is 0 Å². The van der Waals surface area contributed by atoms with Crippen molar-refractivity contribution in [2.24, 2.45) is 0 Å². The van der Waals surface area contributed by atoms with Crippen LogP contribution in [0.5, 0.6) is 0 Å². The van der Waals surface area contributed by atoms with Crippen molar-refractivity contribution in [1.82, 2.24) is 14.7 Å². The standard InChI is InChI=1S/C24H33N3S9/c28-22(25-10-4-1-5-11-25)34-31-19-16-20(32-35-23(29)26-12-6-2-7-13-26)18-21(17-19)33-36-24(30)27-14-8-3-9-15-27/h16-18H,1-15H2. The summed E-state index contributed by atoms with van der Waals surface area (Å²) >= 11 is 17.3. The molecule has 0 spiro atoms. The van der Waals surface area contributed by atoms with Crippen LogP contribution in [0.2, 0.25) is 0 Å². The third-order valence-electron chi connectivity index (χ3n) is 6.32. The van der Waals surface area contributed by atoms with Crippen molar-refractivity contribution in [3.8, 4) is 0 Å². The van der Waals surface area contributed by atoms with Crippen LogP contribution in [-0.4, -0.2) is 66.9 Å². The van der Waals surface area contributed by atoms with Crippen molar-refractivity contribution < 1.29 is 0 Å². The van der Waals surface area contributed by atoms with Gasteiger partial charge in [-0.3, -0.25) is 0 Å². The number of likely N-dealkylation sites (tertiary alicyclic amines) is 3. The fraction of sp³-hybridized carbons (Fsp3) is 0.625. The second-order valence-corrected chi connectivity index (χ2v) is 17.6. The fourth-order valence-electron chi connectivity index (χ4n) is 4.33. The molecule has 0 bridgehead atoms. The van der Waals surface area contributed by atoms with Gasteiger partial charge in [-0.25, -0.2) is 0 Å². The van der Waals surface area contributed by atoms with Crippen LogP contribution in [0.3, 0.4) is 0 Å². The minimum atomic E-state index is 1.01. The minimum absolute atomic E-state index is 1.01. The van der Waals surface area contributed by atoms with E-state index in [0.717, 1.165) is 52.2 Å². The third kappa shape index (κ3) is 9.87. The summed E-state index contributed by atoms with van der Waals surface area (Å²) in [6, 6.07) is 6.85. The highest BCUT2D eigenvalue weighted by Gasteiger charge is 2.18. The SMILES string of the molecule is S=C(SSc1cc(SSC(=S)N2CCCCC2)cc(SSC(=S)N2CCCCC2)c1)N1CCCCC1. The molecule has 36 heavy (non-hydrogen) atoms. The smallest absolute Gasteiger partial charge is 0.147 e. The Morgan fingerprint density at radius 1 is 0.444 bits per heavy atom. The molecule has 3 nitrogen and oxygen atoms in total. The van der Waals surface area contributed by atoms with E-state index in [2.05, 4.69) is 32.9 Å². The van der Waals surface area contributed by atoms with E-state index in [-0.39, 0.29) is 0 Å². The van der Waals surface area contributed by atoms with Gasteiger partial charge < -0.3 is 14.7 Å². The number of piperidine rings is 3. The molecule has 12 heteroatoms. The number of hydrogen-bond acceptors (Lipinski definition) is 9. The molecular weight excluding hydrogens is 619 g/mol. The first kappa shape index (κ1) is 30.0. The van der Waals surface area contributed by atoms with Gasteiger partial charge >= 0.3 is 0 Å². The van der Waals surface area contributed by atoms with Crippen molar-refractivity contribution in [1.29, 1.82) is 0 Å². The van der Waals surface area contributed by atoms with Crippen molar-refractivity contribution in [3.63, 3.8) is 0 Å². The Bertz CT molecular complexity index is 768. The highest BCUT2D eigenvalue weighted by molar-refractivity contribution is 8.84. The molecule has 3 aliphatic rings. The minimum Gasteiger partial charge on any atom is -0.357 e. The molecule has 0 atom stereocenters. The van der Waals surface area contributed by atoms with Gasteiger partial charge in [-0.05, 0) is 108 Å².